The fourth-order valence-electron chi connectivity index (χ4n) is 0.110. The Kier molecular flexibility index (Phi) is 18.1. The first-order valence-electron chi connectivity index (χ1n) is 2.70. The highest BCUT2D eigenvalue weighted by molar-refractivity contribution is 5.32. The van der Waals surface area contributed by atoms with E-state index in [1.807, 2.05) is 0 Å². The molecule has 0 fully saturated rings. The molecule has 0 saturated carbocycles. The summed E-state index contributed by atoms with van der Waals surface area (Å²) in [6.07, 6.45) is 2.72. The third-order valence-electron chi connectivity index (χ3n) is 0.399. The molecule has 0 aliphatic rings. The first-order chi connectivity index (χ1) is 4.83. The van der Waals surface area contributed by atoms with E-state index >= 15 is 0 Å². The van der Waals surface area contributed by atoms with Crippen molar-refractivity contribution in [3.63, 3.8) is 0 Å². The van der Waals surface area contributed by atoms with Crippen LogP contribution in [0.15, 0.2) is 9.98 Å². The molecule has 0 bridgehead atoms. The molecule has 0 rings (SSSR count). The van der Waals surface area contributed by atoms with Crippen molar-refractivity contribution in [2.75, 3.05) is 13.1 Å². The molecule has 0 aliphatic carbocycles. The first-order valence-corrected chi connectivity index (χ1v) is 2.70. The van der Waals surface area contributed by atoms with Crippen LogP contribution < -0.4 is 0 Å². The highest BCUT2D eigenvalue weighted by Gasteiger charge is 1.52. The maximum atomic E-state index is 9.11. The second-order valence-corrected chi connectivity index (χ2v) is 1.04. The fraction of sp³-hybridized carbons (Fsp3) is 0.500. The lowest BCUT2D eigenvalue weighted by atomic mass is 10.8. The van der Waals surface area contributed by atoms with E-state index in [4.69, 9.17) is 9.59 Å². The fourth-order valence-corrected chi connectivity index (χ4v) is 0.110. The molecule has 0 aromatic rings. The van der Waals surface area contributed by atoms with Gasteiger partial charge in [-0.15, -0.1) is 0 Å². The summed E-state index contributed by atoms with van der Waals surface area (Å²) in [5.41, 5.74) is 0. The van der Waals surface area contributed by atoms with Gasteiger partial charge in [0.25, 0.3) is 0 Å². The Balaban J connectivity index is 0. The Morgan fingerprint density at radius 2 is 1.80 bits per heavy atom. The SMILES string of the molecule is CCN=C=O.[CH2]CN=C=O. The second kappa shape index (κ2) is 15.7. The van der Waals surface area contributed by atoms with Gasteiger partial charge in [0.05, 0.1) is 6.54 Å². The standard InChI is InChI=1S/C3H5NO.C3H4NO/c2*1-2-4-3-5/h2H2,1H3;1-2H2. The molecule has 55 valence electrons. The number of carbonyl (C=O) groups excluding carboxylic acids is 2. The summed E-state index contributed by atoms with van der Waals surface area (Å²) in [5, 5.41) is 0. The molecule has 0 unspecified atom stereocenters. The summed E-state index contributed by atoms with van der Waals surface area (Å²) in [6.45, 7) is 5.87. The van der Waals surface area contributed by atoms with Crippen molar-refractivity contribution in [3.8, 4) is 0 Å². The predicted octanol–water partition coefficient (Wildman–Crippen LogP) is 0.498. The first kappa shape index (κ1) is 11.5. The van der Waals surface area contributed by atoms with Crippen LogP contribution in [0.4, 0.5) is 0 Å². The Morgan fingerprint density at radius 3 is 1.80 bits per heavy atom. The summed E-state index contributed by atoms with van der Waals surface area (Å²) in [6, 6.07) is 0. The largest absolute Gasteiger partial charge is 0.234 e. The summed E-state index contributed by atoms with van der Waals surface area (Å²) >= 11 is 0. The molecule has 0 aromatic heterocycles. The lowest BCUT2D eigenvalue weighted by Gasteiger charge is -1.58. The Hall–Kier alpha value is -1.24. The minimum Gasteiger partial charge on any atom is -0.211 e. The van der Waals surface area contributed by atoms with Crippen LogP contribution in [0, 0.1) is 6.92 Å². The quantitative estimate of drug-likeness (QED) is 0.415. The van der Waals surface area contributed by atoms with Crippen LogP contribution in [-0.2, 0) is 9.59 Å². The predicted molar refractivity (Wildman–Crippen MR) is 37.0 cm³/mol. The summed E-state index contributed by atoms with van der Waals surface area (Å²) in [4.78, 5) is 24.4. The van der Waals surface area contributed by atoms with Gasteiger partial charge < -0.3 is 0 Å². The van der Waals surface area contributed by atoms with E-state index in [2.05, 4.69) is 16.9 Å². The van der Waals surface area contributed by atoms with Crippen LogP contribution in [0.3, 0.4) is 0 Å². The van der Waals surface area contributed by atoms with Crippen molar-refractivity contribution in [1.29, 1.82) is 0 Å². The number of hydrogen-bond donors (Lipinski definition) is 0. The van der Waals surface area contributed by atoms with Crippen molar-refractivity contribution >= 4 is 12.2 Å². The van der Waals surface area contributed by atoms with Crippen LogP contribution in [0.1, 0.15) is 6.92 Å². The van der Waals surface area contributed by atoms with Crippen LogP contribution in [0.25, 0.3) is 0 Å². The molecule has 0 amide bonds. The van der Waals surface area contributed by atoms with E-state index < -0.39 is 0 Å². The molecule has 1 radical (unpaired) electrons. The summed E-state index contributed by atoms with van der Waals surface area (Å²) in [5.74, 6) is 0. The van der Waals surface area contributed by atoms with Crippen LogP contribution in [-0.4, -0.2) is 25.2 Å². The van der Waals surface area contributed by atoms with Gasteiger partial charge in [-0.2, -0.15) is 0 Å². The molecular weight excluding hydrogens is 132 g/mol. The van der Waals surface area contributed by atoms with E-state index in [0.717, 1.165) is 0 Å². The van der Waals surface area contributed by atoms with E-state index in [9.17, 15) is 0 Å². The number of isocyanates is 2. The number of hydrogen-bond acceptors (Lipinski definition) is 4. The van der Waals surface area contributed by atoms with Gasteiger partial charge in [0.2, 0.25) is 12.2 Å². The highest BCUT2D eigenvalue weighted by atomic mass is 16.1. The molecule has 0 heterocycles. The number of nitrogens with zero attached hydrogens (tertiary/aromatic N) is 2. The minimum absolute atomic E-state index is 0.295. The van der Waals surface area contributed by atoms with Gasteiger partial charge in [0.15, 0.2) is 0 Å². The molecule has 0 aromatic carbocycles. The lowest BCUT2D eigenvalue weighted by Crippen LogP contribution is -1.59. The van der Waals surface area contributed by atoms with Gasteiger partial charge in [-0.1, -0.05) is 0 Å². The molecule has 4 heteroatoms. The third kappa shape index (κ3) is 29.4. The molecular formula is C6H9N2O2. The average Bonchev–Trinajstić information content (AvgIpc) is 1.93. The van der Waals surface area contributed by atoms with Crippen LogP contribution in [0.5, 0.6) is 0 Å². The van der Waals surface area contributed by atoms with Gasteiger partial charge in [-0.05, 0) is 13.8 Å². The molecule has 10 heavy (non-hydrogen) atoms. The van der Waals surface area contributed by atoms with Crippen LogP contribution >= 0.6 is 0 Å². The zero-order valence-corrected chi connectivity index (χ0v) is 5.83. The van der Waals surface area contributed by atoms with E-state index in [1.54, 1.807) is 6.92 Å². The number of aliphatic imine (C=N–C) groups is 2. The summed E-state index contributed by atoms with van der Waals surface area (Å²) < 4.78 is 0. The zero-order chi connectivity index (χ0) is 8.24. The highest BCUT2D eigenvalue weighted by Crippen LogP contribution is 1.52. The van der Waals surface area contributed by atoms with E-state index in [0.29, 0.717) is 13.1 Å². The Bertz CT molecular complexity index is 126. The average molecular weight is 141 g/mol. The molecule has 0 spiro atoms. The molecule has 0 atom stereocenters. The molecule has 0 N–H and O–H groups in total. The molecule has 0 saturated heterocycles. The maximum Gasteiger partial charge on any atom is 0.234 e. The van der Waals surface area contributed by atoms with E-state index in [-0.39, 0.29) is 0 Å². The van der Waals surface area contributed by atoms with Gasteiger partial charge in [-0.3, -0.25) is 0 Å². The smallest absolute Gasteiger partial charge is 0.211 e. The second-order valence-electron chi connectivity index (χ2n) is 1.04. The monoisotopic (exact) mass is 141 g/mol. The van der Waals surface area contributed by atoms with Crippen molar-refractivity contribution in [2.45, 2.75) is 6.92 Å². The van der Waals surface area contributed by atoms with E-state index in [1.165, 1.54) is 12.2 Å². The van der Waals surface area contributed by atoms with Gasteiger partial charge in [0, 0.05) is 6.54 Å². The molecule has 4 nitrogen and oxygen atoms in total. The van der Waals surface area contributed by atoms with Gasteiger partial charge in [0.1, 0.15) is 0 Å². The van der Waals surface area contributed by atoms with Crippen molar-refractivity contribution < 1.29 is 9.59 Å². The van der Waals surface area contributed by atoms with Gasteiger partial charge in [-0.25, -0.2) is 19.6 Å². The Morgan fingerprint density at radius 1 is 1.30 bits per heavy atom. The zero-order valence-electron chi connectivity index (χ0n) is 5.83. The topological polar surface area (TPSA) is 58.9 Å². The molecule has 0 aliphatic heterocycles. The van der Waals surface area contributed by atoms with Gasteiger partial charge >= 0.3 is 0 Å². The normalized spacial score (nSPS) is 5.80. The lowest BCUT2D eigenvalue weighted by molar-refractivity contribution is 0.563. The summed E-state index contributed by atoms with van der Waals surface area (Å²) in [7, 11) is 0. The maximum absolute atomic E-state index is 9.11. The van der Waals surface area contributed by atoms with Crippen molar-refractivity contribution in [3.05, 3.63) is 6.92 Å². The number of rotatable bonds is 2. The Labute approximate surface area is 59.7 Å². The minimum atomic E-state index is 0.295. The van der Waals surface area contributed by atoms with Crippen LogP contribution in [0.2, 0.25) is 0 Å². The van der Waals surface area contributed by atoms with Crippen molar-refractivity contribution in [2.24, 2.45) is 9.98 Å². The third-order valence-corrected chi connectivity index (χ3v) is 0.399. The van der Waals surface area contributed by atoms with Crippen molar-refractivity contribution in [1.82, 2.24) is 0 Å².